The number of oxime groups is 1. The van der Waals surface area contributed by atoms with E-state index in [-0.39, 0.29) is 28.7 Å². The number of aromatic nitrogens is 1. The number of carbonyl (C=O) groups is 4. The van der Waals surface area contributed by atoms with Crippen LogP contribution in [0, 0.1) is 0 Å². The van der Waals surface area contributed by atoms with Crippen LogP contribution in [0.5, 0.6) is 0 Å². The number of thiazole rings is 1. The monoisotopic (exact) mass is 452 g/mol. The van der Waals surface area contributed by atoms with Gasteiger partial charge in [0.25, 0.3) is 11.8 Å². The quantitative estimate of drug-likeness (QED) is 0.273. The summed E-state index contributed by atoms with van der Waals surface area (Å²) >= 11 is 1.09. The number of rotatable bonds is 6. The number of anilines is 1. The van der Waals surface area contributed by atoms with Crippen molar-refractivity contribution in [1.29, 1.82) is 0 Å². The van der Waals surface area contributed by atoms with Gasteiger partial charge >= 0.3 is 11.9 Å². The number of hydrogen-bond donors (Lipinski definition) is 3. The van der Waals surface area contributed by atoms with E-state index in [2.05, 4.69) is 15.5 Å². The highest BCUT2D eigenvalue weighted by Gasteiger charge is 2.58. The number of methoxy groups -OCH3 is 1. The zero-order chi connectivity index (χ0) is 23.1. The molecule has 4 N–H and O–H groups in total. The molecule has 2 aliphatic rings. The number of carboxylic acids is 1. The third-order valence-electron chi connectivity index (χ3n) is 4.87. The molecule has 1 aromatic rings. The standard InChI is InChI=1S/C17H20N6O7S/c1-17(2)9(15(28)29-3)11(14(26)27)23-13(25)7(5-22(17)23)19-12(24)10(21-30-4)8-6-31-16(18)20-8/h6-7H,5H2,1-4H3,(H2,18,20)(H,19,24)(H,26,27)/b21-10-. The van der Waals surface area contributed by atoms with Crippen molar-refractivity contribution in [3.8, 4) is 0 Å². The first-order valence-electron chi connectivity index (χ1n) is 8.85. The number of carboxylic acid groups (broad SMARTS) is 1. The summed E-state index contributed by atoms with van der Waals surface area (Å²) in [4.78, 5) is 58.6. The first-order valence-corrected chi connectivity index (χ1v) is 9.73. The largest absolute Gasteiger partial charge is 0.477 e. The summed E-state index contributed by atoms with van der Waals surface area (Å²) < 4.78 is 4.71. The molecular weight excluding hydrogens is 432 g/mol. The number of nitrogens with two attached hydrogens (primary N) is 1. The van der Waals surface area contributed by atoms with Gasteiger partial charge in [-0.15, -0.1) is 11.3 Å². The molecule has 1 fully saturated rings. The van der Waals surface area contributed by atoms with Crippen LogP contribution >= 0.6 is 11.3 Å². The van der Waals surface area contributed by atoms with Crippen molar-refractivity contribution in [3.63, 3.8) is 0 Å². The average molecular weight is 452 g/mol. The Balaban J connectivity index is 1.91. The second-order valence-electron chi connectivity index (χ2n) is 7.03. The molecule has 0 aliphatic carbocycles. The molecule has 0 spiro atoms. The number of nitrogens with zero attached hydrogens (tertiary/aromatic N) is 4. The molecule has 3 heterocycles. The van der Waals surface area contributed by atoms with E-state index in [4.69, 9.17) is 15.3 Å². The first-order chi connectivity index (χ1) is 14.5. The van der Waals surface area contributed by atoms with E-state index in [0.717, 1.165) is 23.5 Å². The van der Waals surface area contributed by atoms with Gasteiger partial charge in [-0.3, -0.25) is 9.59 Å². The van der Waals surface area contributed by atoms with Crippen molar-refractivity contribution >= 4 is 45.9 Å². The lowest BCUT2D eigenvalue weighted by atomic mass is 9.92. The summed E-state index contributed by atoms with van der Waals surface area (Å²) in [5.74, 6) is -3.83. The highest BCUT2D eigenvalue weighted by atomic mass is 32.1. The van der Waals surface area contributed by atoms with Gasteiger partial charge in [0.1, 0.15) is 18.8 Å². The van der Waals surface area contributed by atoms with Crippen LogP contribution in [0.15, 0.2) is 21.8 Å². The zero-order valence-corrected chi connectivity index (χ0v) is 17.8. The fourth-order valence-corrected chi connectivity index (χ4v) is 4.05. The number of hydrogen-bond acceptors (Lipinski definition) is 11. The van der Waals surface area contributed by atoms with Gasteiger partial charge in [-0.1, -0.05) is 5.16 Å². The fourth-order valence-electron chi connectivity index (χ4n) is 3.51. The molecule has 1 saturated heterocycles. The molecule has 13 nitrogen and oxygen atoms in total. The third kappa shape index (κ3) is 3.59. The Hall–Kier alpha value is -3.52. The van der Waals surface area contributed by atoms with Crippen molar-refractivity contribution in [2.75, 3.05) is 26.5 Å². The molecule has 0 bridgehead atoms. The van der Waals surface area contributed by atoms with E-state index in [0.29, 0.717) is 0 Å². The van der Waals surface area contributed by atoms with E-state index < -0.39 is 41.0 Å². The SMILES string of the molecule is CO/N=C(\C(=O)NC1CN2N(C1=O)C(C(=O)O)=C(C(=O)OC)C2(C)C)c1csc(N)n1. The highest BCUT2D eigenvalue weighted by Crippen LogP contribution is 2.41. The van der Waals surface area contributed by atoms with Crippen LogP contribution in [0.4, 0.5) is 5.13 Å². The number of nitrogens with one attached hydrogen (secondary N) is 1. The van der Waals surface area contributed by atoms with Crippen LogP contribution in [0.25, 0.3) is 0 Å². The van der Waals surface area contributed by atoms with Gasteiger partial charge in [-0.25, -0.2) is 24.6 Å². The predicted molar refractivity (Wildman–Crippen MR) is 106 cm³/mol. The van der Waals surface area contributed by atoms with Gasteiger partial charge in [-0.2, -0.15) is 0 Å². The molecule has 166 valence electrons. The molecule has 0 saturated carbocycles. The van der Waals surface area contributed by atoms with E-state index in [1.165, 1.54) is 17.5 Å². The molecule has 1 aromatic heterocycles. The molecule has 14 heteroatoms. The van der Waals surface area contributed by atoms with Crippen LogP contribution in [-0.2, 0) is 28.8 Å². The van der Waals surface area contributed by atoms with Crippen molar-refractivity contribution < 1.29 is 33.9 Å². The number of fused-ring (bicyclic) bond motifs is 1. The van der Waals surface area contributed by atoms with Crippen molar-refractivity contribution in [2.45, 2.75) is 25.4 Å². The maximum absolute atomic E-state index is 13.0. The lowest BCUT2D eigenvalue weighted by molar-refractivity contribution is -0.145. The number of hydrazine groups is 1. The summed E-state index contributed by atoms with van der Waals surface area (Å²) in [7, 11) is 2.36. The Labute approximate surface area is 180 Å². The Morgan fingerprint density at radius 2 is 2.06 bits per heavy atom. The van der Waals surface area contributed by atoms with Crippen LogP contribution < -0.4 is 11.1 Å². The number of amides is 2. The lowest BCUT2D eigenvalue weighted by Crippen LogP contribution is -2.47. The maximum atomic E-state index is 13.0. The molecule has 2 amide bonds. The minimum Gasteiger partial charge on any atom is -0.477 e. The molecule has 2 aliphatic heterocycles. The molecule has 31 heavy (non-hydrogen) atoms. The molecular formula is C17H20N6O7S. The zero-order valence-electron chi connectivity index (χ0n) is 17.0. The smallest absolute Gasteiger partial charge is 0.354 e. The van der Waals surface area contributed by atoms with Crippen molar-refractivity contribution in [1.82, 2.24) is 20.3 Å². The van der Waals surface area contributed by atoms with Gasteiger partial charge in [0.15, 0.2) is 16.5 Å². The maximum Gasteiger partial charge on any atom is 0.354 e. The van der Waals surface area contributed by atoms with Crippen molar-refractivity contribution in [2.24, 2.45) is 5.16 Å². The van der Waals surface area contributed by atoms with Crippen LogP contribution in [0.1, 0.15) is 19.5 Å². The fraction of sp³-hybridized carbons (Fsp3) is 0.412. The molecule has 0 aromatic carbocycles. The predicted octanol–water partition coefficient (Wildman–Crippen LogP) is -1.08. The summed E-state index contributed by atoms with van der Waals surface area (Å²) in [6.45, 7) is 3.07. The molecule has 3 rings (SSSR count). The summed E-state index contributed by atoms with van der Waals surface area (Å²) in [5, 5.41) is 19.8. The minimum absolute atomic E-state index is 0.0890. The van der Waals surface area contributed by atoms with E-state index in [1.807, 2.05) is 0 Å². The van der Waals surface area contributed by atoms with Gasteiger partial charge < -0.3 is 25.7 Å². The normalized spacial score (nSPS) is 20.6. The first kappa shape index (κ1) is 22.2. The van der Waals surface area contributed by atoms with E-state index >= 15 is 0 Å². The van der Waals surface area contributed by atoms with Gasteiger partial charge in [0, 0.05) is 11.9 Å². The van der Waals surface area contributed by atoms with Gasteiger partial charge in [0.05, 0.1) is 18.2 Å². The summed E-state index contributed by atoms with van der Waals surface area (Å²) in [6, 6.07) is -1.11. The minimum atomic E-state index is -1.48. The van der Waals surface area contributed by atoms with Gasteiger partial charge in [0.2, 0.25) is 0 Å². The Morgan fingerprint density at radius 1 is 1.39 bits per heavy atom. The number of carbonyl (C=O) groups excluding carboxylic acids is 3. The van der Waals surface area contributed by atoms with E-state index in [9.17, 15) is 24.3 Å². The van der Waals surface area contributed by atoms with Crippen LogP contribution in [0.3, 0.4) is 0 Å². The van der Waals surface area contributed by atoms with Crippen LogP contribution in [0.2, 0.25) is 0 Å². The number of esters is 1. The lowest BCUT2D eigenvalue weighted by Gasteiger charge is -2.32. The molecule has 0 radical (unpaired) electrons. The molecule has 1 unspecified atom stereocenters. The number of aliphatic carboxylic acids is 1. The van der Waals surface area contributed by atoms with Crippen LogP contribution in [-0.4, -0.2) is 81.9 Å². The Morgan fingerprint density at radius 3 is 2.58 bits per heavy atom. The van der Waals surface area contributed by atoms with Gasteiger partial charge in [-0.05, 0) is 13.8 Å². The molecule has 1 atom stereocenters. The number of ether oxygens (including phenoxy) is 1. The Kier molecular flexibility index (Phi) is 5.69. The Bertz CT molecular complexity index is 1030. The summed E-state index contributed by atoms with van der Waals surface area (Å²) in [6.07, 6.45) is 0. The second kappa shape index (κ2) is 7.96. The highest BCUT2D eigenvalue weighted by molar-refractivity contribution is 7.13. The second-order valence-corrected chi connectivity index (χ2v) is 7.92. The summed E-state index contributed by atoms with van der Waals surface area (Å²) in [5.41, 5.74) is 3.69. The third-order valence-corrected chi connectivity index (χ3v) is 5.54. The van der Waals surface area contributed by atoms with Crippen molar-refractivity contribution in [3.05, 3.63) is 22.3 Å². The number of nitrogen functional groups attached to an aromatic ring is 1. The topological polar surface area (TPSA) is 177 Å². The average Bonchev–Trinajstić information content (AvgIpc) is 3.33. The van der Waals surface area contributed by atoms with E-state index in [1.54, 1.807) is 13.8 Å².